The molecule has 6 nitrogen and oxygen atoms in total. The minimum atomic E-state index is 0.631. The number of guanidine groups is 1. The van der Waals surface area contributed by atoms with Gasteiger partial charge in [0.25, 0.3) is 0 Å². The van der Waals surface area contributed by atoms with E-state index in [9.17, 15) is 0 Å². The second-order valence-corrected chi connectivity index (χ2v) is 7.76. The van der Waals surface area contributed by atoms with Crippen LogP contribution in [0.2, 0.25) is 0 Å². The molecule has 1 aromatic carbocycles. The molecular weight excluding hydrogens is 374 g/mol. The molecule has 0 amide bonds. The van der Waals surface area contributed by atoms with Crippen LogP contribution in [0.3, 0.4) is 0 Å². The highest BCUT2D eigenvalue weighted by molar-refractivity contribution is 5.79. The Hall–Kier alpha value is -2.76. The van der Waals surface area contributed by atoms with Gasteiger partial charge in [0.15, 0.2) is 5.96 Å². The smallest absolute Gasteiger partial charge is 0.191 e. The predicted molar refractivity (Wildman–Crippen MR) is 125 cm³/mol. The molecule has 3 rings (SSSR count). The molecule has 0 unspecified atom stereocenters. The zero-order valence-corrected chi connectivity index (χ0v) is 18.6. The number of ether oxygens (including phenoxy) is 1. The number of nitrogens with zero attached hydrogens (tertiary/aromatic N) is 3. The summed E-state index contributed by atoms with van der Waals surface area (Å²) >= 11 is 0. The van der Waals surface area contributed by atoms with Gasteiger partial charge in [-0.05, 0) is 68.9 Å². The van der Waals surface area contributed by atoms with E-state index in [-0.39, 0.29) is 0 Å². The van der Waals surface area contributed by atoms with Gasteiger partial charge < -0.3 is 20.3 Å². The van der Waals surface area contributed by atoms with Crippen molar-refractivity contribution in [2.75, 3.05) is 38.2 Å². The average Bonchev–Trinajstić information content (AvgIpc) is 2.78. The van der Waals surface area contributed by atoms with Crippen molar-refractivity contribution < 1.29 is 4.74 Å². The summed E-state index contributed by atoms with van der Waals surface area (Å²) in [7, 11) is 1.72. The van der Waals surface area contributed by atoms with Crippen molar-refractivity contribution in [2.24, 2.45) is 4.99 Å². The summed E-state index contributed by atoms with van der Waals surface area (Å²) < 4.78 is 5.49. The molecule has 0 spiro atoms. The topological polar surface area (TPSA) is 61.8 Å². The maximum Gasteiger partial charge on any atom is 0.191 e. The fraction of sp³-hybridized carbons (Fsp3) is 0.500. The third-order valence-corrected chi connectivity index (χ3v) is 5.38. The molecule has 2 heterocycles. The summed E-state index contributed by atoms with van der Waals surface area (Å²) in [4.78, 5) is 11.7. The number of benzene rings is 1. The Balaban J connectivity index is 1.59. The quantitative estimate of drug-likeness (QED) is 0.514. The SMILES string of the molecule is CCNC(=NCc1ccnc(N2CCCCC2)c1)NCCc1cc(C)ccc1OC. The third-order valence-electron chi connectivity index (χ3n) is 5.38. The van der Waals surface area contributed by atoms with E-state index < -0.39 is 0 Å². The maximum atomic E-state index is 5.49. The van der Waals surface area contributed by atoms with Crippen LogP contribution in [-0.4, -0.2) is 44.2 Å². The molecule has 1 aliphatic rings. The summed E-state index contributed by atoms with van der Waals surface area (Å²) in [6.45, 7) is 8.65. The van der Waals surface area contributed by atoms with E-state index in [0.717, 1.165) is 50.1 Å². The second-order valence-electron chi connectivity index (χ2n) is 7.76. The molecule has 0 radical (unpaired) electrons. The van der Waals surface area contributed by atoms with Gasteiger partial charge in [-0.3, -0.25) is 0 Å². The van der Waals surface area contributed by atoms with E-state index in [1.807, 2.05) is 12.3 Å². The van der Waals surface area contributed by atoms with E-state index in [1.165, 1.54) is 36.0 Å². The molecule has 30 heavy (non-hydrogen) atoms. The highest BCUT2D eigenvalue weighted by atomic mass is 16.5. The van der Waals surface area contributed by atoms with Gasteiger partial charge >= 0.3 is 0 Å². The Bertz CT molecular complexity index is 830. The van der Waals surface area contributed by atoms with Crippen molar-refractivity contribution in [1.82, 2.24) is 15.6 Å². The lowest BCUT2D eigenvalue weighted by atomic mass is 10.1. The Morgan fingerprint density at radius 3 is 2.73 bits per heavy atom. The van der Waals surface area contributed by atoms with Gasteiger partial charge in [0.1, 0.15) is 11.6 Å². The number of pyridine rings is 1. The Morgan fingerprint density at radius 1 is 1.13 bits per heavy atom. The predicted octanol–water partition coefficient (Wildman–Crippen LogP) is 3.69. The van der Waals surface area contributed by atoms with Gasteiger partial charge in [0.2, 0.25) is 0 Å². The molecule has 0 aliphatic carbocycles. The molecule has 0 saturated carbocycles. The van der Waals surface area contributed by atoms with E-state index in [2.05, 4.69) is 58.6 Å². The van der Waals surface area contributed by atoms with Crippen molar-refractivity contribution in [1.29, 1.82) is 0 Å². The number of piperidine rings is 1. The van der Waals surface area contributed by atoms with Gasteiger partial charge in [0, 0.05) is 32.4 Å². The Kier molecular flexibility index (Phi) is 8.36. The van der Waals surface area contributed by atoms with Crippen LogP contribution < -0.4 is 20.3 Å². The van der Waals surface area contributed by atoms with Crippen molar-refractivity contribution in [3.05, 3.63) is 53.2 Å². The number of anilines is 1. The average molecular weight is 410 g/mol. The zero-order valence-electron chi connectivity index (χ0n) is 18.6. The van der Waals surface area contributed by atoms with Crippen LogP contribution in [-0.2, 0) is 13.0 Å². The van der Waals surface area contributed by atoms with Crippen LogP contribution in [0.25, 0.3) is 0 Å². The molecule has 1 saturated heterocycles. The van der Waals surface area contributed by atoms with Gasteiger partial charge in [0.05, 0.1) is 13.7 Å². The lowest BCUT2D eigenvalue weighted by Crippen LogP contribution is -2.38. The summed E-state index contributed by atoms with van der Waals surface area (Å²) in [5.74, 6) is 2.85. The first kappa shape index (κ1) is 21.9. The maximum absolute atomic E-state index is 5.49. The van der Waals surface area contributed by atoms with Gasteiger partial charge in [-0.25, -0.2) is 9.98 Å². The summed E-state index contributed by atoms with van der Waals surface area (Å²) in [5, 5.41) is 6.78. The zero-order chi connectivity index (χ0) is 21.2. The molecule has 1 fully saturated rings. The summed E-state index contributed by atoms with van der Waals surface area (Å²) in [6.07, 6.45) is 6.62. The molecule has 0 bridgehead atoms. The van der Waals surface area contributed by atoms with Crippen LogP contribution in [0.5, 0.6) is 5.75 Å². The van der Waals surface area contributed by atoms with Crippen molar-refractivity contribution in [3.63, 3.8) is 0 Å². The van der Waals surface area contributed by atoms with Gasteiger partial charge in [-0.2, -0.15) is 0 Å². The van der Waals surface area contributed by atoms with Crippen LogP contribution >= 0.6 is 0 Å². The van der Waals surface area contributed by atoms with E-state index in [1.54, 1.807) is 7.11 Å². The van der Waals surface area contributed by atoms with Crippen LogP contribution in [0, 0.1) is 6.92 Å². The van der Waals surface area contributed by atoms with E-state index in [0.29, 0.717) is 6.54 Å². The monoisotopic (exact) mass is 409 g/mol. The fourth-order valence-electron chi connectivity index (χ4n) is 3.79. The fourth-order valence-corrected chi connectivity index (χ4v) is 3.79. The highest BCUT2D eigenvalue weighted by Gasteiger charge is 2.12. The molecule has 1 aromatic heterocycles. The summed E-state index contributed by atoms with van der Waals surface area (Å²) in [5.41, 5.74) is 3.64. The molecule has 162 valence electrons. The first-order valence-corrected chi connectivity index (χ1v) is 11.0. The third kappa shape index (κ3) is 6.37. The van der Waals surface area contributed by atoms with Crippen molar-refractivity contribution in [2.45, 2.75) is 46.1 Å². The Labute approximate surface area is 180 Å². The highest BCUT2D eigenvalue weighted by Crippen LogP contribution is 2.20. The standard InChI is InChI=1S/C24H35N5O/c1-4-25-24(27-13-11-21-16-19(2)8-9-22(21)30-3)28-18-20-10-12-26-23(17-20)29-14-6-5-7-15-29/h8-10,12,16-17H,4-7,11,13-15,18H2,1-3H3,(H2,25,27,28). The Morgan fingerprint density at radius 2 is 1.97 bits per heavy atom. The minimum Gasteiger partial charge on any atom is -0.496 e. The number of aromatic nitrogens is 1. The number of hydrogen-bond donors (Lipinski definition) is 2. The number of rotatable bonds is 8. The number of methoxy groups -OCH3 is 1. The molecule has 2 aromatic rings. The summed E-state index contributed by atoms with van der Waals surface area (Å²) in [6, 6.07) is 10.5. The van der Waals surface area contributed by atoms with E-state index in [4.69, 9.17) is 9.73 Å². The first-order chi connectivity index (χ1) is 14.7. The second kappa shape index (κ2) is 11.4. The largest absolute Gasteiger partial charge is 0.496 e. The lowest BCUT2D eigenvalue weighted by molar-refractivity contribution is 0.409. The molecular formula is C24H35N5O. The van der Waals surface area contributed by atoms with Crippen LogP contribution in [0.4, 0.5) is 5.82 Å². The minimum absolute atomic E-state index is 0.631. The van der Waals surface area contributed by atoms with Gasteiger partial charge in [-0.15, -0.1) is 0 Å². The molecule has 2 N–H and O–H groups in total. The molecule has 6 heteroatoms. The normalized spacial score (nSPS) is 14.5. The number of nitrogens with one attached hydrogen (secondary N) is 2. The van der Waals surface area contributed by atoms with E-state index >= 15 is 0 Å². The molecule has 1 aliphatic heterocycles. The number of aliphatic imine (C=N–C) groups is 1. The number of hydrogen-bond acceptors (Lipinski definition) is 4. The van der Waals surface area contributed by atoms with Crippen molar-refractivity contribution in [3.8, 4) is 5.75 Å². The first-order valence-electron chi connectivity index (χ1n) is 11.0. The lowest BCUT2D eigenvalue weighted by Gasteiger charge is -2.27. The van der Waals surface area contributed by atoms with Crippen molar-refractivity contribution >= 4 is 11.8 Å². The van der Waals surface area contributed by atoms with Crippen LogP contribution in [0.1, 0.15) is 42.9 Å². The number of aryl methyl sites for hydroxylation is 1. The van der Waals surface area contributed by atoms with Gasteiger partial charge in [-0.1, -0.05) is 17.7 Å². The molecule has 0 atom stereocenters. The van der Waals surface area contributed by atoms with Crippen LogP contribution in [0.15, 0.2) is 41.5 Å².